The summed E-state index contributed by atoms with van der Waals surface area (Å²) in [7, 11) is 0. The van der Waals surface area contributed by atoms with E-state index in [1.165, 1.54) is 47.6 Å². The lowest BCUT2D eigenvalue weighted by molar-refractivity contribution is -0.674. The molecule has 0 radical (unpaired) electrons. The summed E-state index contributed by atoms with van der Waals surface area (Å²) in [6.07, 6.45) is 3.69. The Morgan fingerprint density at radius 2 is 1.84 bits per heavy atom. The Balaban J connectivity index is 0.00000185. The highest BCUT2D eigenvalue weighted by atomic mass is 79.9. The largest absolute Gasteiger partial charge is 1.00 e. The third-order valence-corrected chi connectivity index (χ3v) is 9.28. The zero-order valence-electron chi connectivity index (χ0n) is 17.3. The van der Waals surface area contributed by atoms with Crippen molar-refractivity contribution < 1.29 is 26.3 Å². The molecule has 1 aromatic heterocycles. The molecule has 0 N–H and O–H groups in total. The Bertz CT molecular complexity index is 1280. The number of anilines is 1. The van der Waals surface area contributed by atoms with Crippen LogP contribution in [-0.4, -0.2) is 18.8 Å². The molecule has 7 rings (SSSR count). The summed E-state index contributed by atoms with van der Waals surface area (Å²) in [4.78, 5) is 3.91. The second-order valence-electron chi connectivity index (χ2n) is 8.40. The van der Waals surface area contributed by atoms with Gasteiger partial charge < -0.3 is 26.6 Å². The number of thiazole rings is 1. The molecule has 4 aliphatic heterocycles. The Kier molecular flexibility index (Phi) is 4.83. The first-order valence-corrected chi connectivity index (χ1v) is 12.6. The number of aromatic nitrogens is 1. The first kappa shape index (κ1) is 20.0. The quantitative estimate of drug-likeness (QED) is 0.468. The number of ether oxygens (including phenoxy) is 1. The number of benzene rings is 2. The third-order valence-electron chi connectivity index (χ3n) is 6.88. The summed E-state index contributed by atoms with van der Waals surface area (Å²) in [5, 5.41) is 2.82. The van der Waals surface area contributed by atoms with Gasteiger partial charge in [0.15, 0.2) is 6.54 Å². The molecule has 2 aromatic carbocycles. The Morgan fingerprint density at radius 1 is 1.03 bits per heavy atom. The van der Waals surface area contributed by atoms with E-state index in [9.17, 15) is 0 Å². The molecule has 3 aromatic rings. The number of nitrogens with zero attached hydrogens (tertiary/aromatic N) is 2. The zero-order valence-corrected chi connectivity index (χ0v) is 20.5. The highest BCUT2D eigenvalue weighted by molar-refractivity contribution is 8.03. The topological polar surface area (TPSA) is 16.4 Å². The van der Waals surface area contributed by atoms with Gasteiger partial charge in [-0.05, 0) is 36.6 Å². The summed E-state index contributed by atoms with van der Waals surface area (Å²) in [5.74, 6) is 0. The van der Waals surface area contributed by atoms with Crippen molar-refractivity contribution in [3.05, 3.63) is 69.7 Å². The zero-order chi connectivity index (χ0) is 19.8. The minimum atomic E-state index is 0. The molecule has 0 aliphatic carbocycles. The van der Waals surface area contributed by atoms with Crippen LogP contribution in [0.2, 0.25) is 0 Å². The fourth-order valence-corrected chi connectivity index (χ4v) is 8.22. The van der Waals surface area contributed by atoms with Crippen molar-refractivity contribution in [3.8, 4) is 0 Å². The Morgan fingerprint density at radius 3 is 2.74 bits per heavy atom. The van der Waals surface area contributed by atoms with Crippen molar-refractivity contribution in [2.75, 3.05) is 11.4 Å². The summed E-state index contributed by atoms with van der Waals surface area (Å²) < 4.78 is 10.7. The molecule has 2 unspecified atom stereocenters. The van der Waals surface area contributed by atoms with E-state index >= 15 is 0 Å². The molecule has 31 heavy (non-hydrogen) atoms. The Hall–Kier alpha value is -1.60. The van der Waals surface area contributed by atoms with Crippen LogP contribution in [0, 0.1) is 0 Å². The fourth-order valence-electron chi connectivity index (χ4n) is 5.62. The fraction of sp³-hybridized carbons (Fsp3) is 0.320. The van der Waals surface area contributed by atoms with Crippen LogP contribution in [0.25, 0.3) is 15.8 Å². The summed E-state index contributed by atoms with van der Waals surface area (Å²) in [6.45, 7) is 4.43. The summed E-state index contributed by atoms with van der Waals surface area (Å²) >= 11 is 3.88. The van der Waals surface area contributed by atoms with Crippen molar-refractivity contribution >= 4 is 44.6 Å². The number of thioether (sulfide) groups is 1. The van der Waals surface area contributed by atoms with Gasteiger partial charge >= 0.3 is 0 Å². The molecule has 0 amide bonds. The molecule has 2 atom stereocenters. The van der Waals surface area contributed by atoms with Crippen LogP contribution in [-0.2, 0) is 11.3 Å². The number of hydrogen-bond donors (Lipinski definition) is 0. The van der Waals surface area contributed by atoms with E-state index in [4.69, 9.17) is 4.74 Å². The average molecular weight is 512 g/mol. The first-order valence-electron chi connectivity index (χ1n) is 10.9. The average Bonchev–Trinajstić information content (AvgIpc) is 3.35. The maximum Gasteiger partial charge on any atom is 0.268 e. The molecule has 0 fully saturated rings. The molecule has 0 spiro atoms. The van der Waals surface area contributed by atoms with E-state index in [0.717, 1.165) is 32.4 Å². The lowest BCUT2D eigenvalue weighted by atomic mass is 9.84. The molecular weight excluding hydrogens is 488 g/mol. The maximum atomic E-state index is 6.82. The standard InChI is InChI=1S/C25H23N2OS2.BrH/c1-2-15-22-18(11-13-26-16-7-3-5-9-20(16)29-24(22)26)28-19-12-14-27-17-8-4-6-10-21(17)30-25(27)23(15)19;/h3-10,18-19H,2,11-14H2,1H3;1H/q+1;/p-1. The van der Waals surface area contributed by atoms with Crippen LogP contribution in [0.1, 0.15) is 31.2 Å². The number of halogens is 1. The molecule has 0 saturated heterocycles. The second-order valence-corrected chi connectivity index (χ2v) is 10.5. The molecule has 5 heterocycles. The number of para-hydroxylation sites is 2. The van der Waals surface area contributed by atoms with E-state index in [0.29, 0.717) is 0 Å². The number of hydrogen-bond acceptors (Lipinski definition) is 4. The van der Waals surface area contributed by atoms with Gasteiger partial charge in [0.2, 0.25) is 5.52 Å². The smallest absolute Gasteiger partial charge is 0.268 e. The third kappa shape index (κ3) is 2.78. The minimum absolute atomic E-state index is 0. The second kappa shape index (κ2) is 7.48. The van der Waals surface area contributed by atoms with Gasteiger partial charge in [0.1, 0.15) is 4.70 Å². The number of aryl methyl sites for hydroxylation is 1. The molecular formula is C25H23BrN2OS2. The van der Waals surface area contributed by atoms with Crippen molar-refractivity contribution in [1.29, 1.82) is 0 Å². The van der Waals surface area contributed by atoms with Gasteiger partial charge in [0.25, 0.3) is 5.01 Å². The van der Waals surface area contributed by atoms with Gasteiger partial charge in [0.05, 0.1) is 28.5 Å². The normalized spacial score (nSPS) is 23.7. The Labute approximate surface area is 201 Å². The van der Waals surface area contributed by atoms with E-state index in [1.807, 2.05) is 23.1 Å². The highest BCUT2D eigenvalue weighted by Crippen LogP contribution is 2.54. The van der Waals surface area contributed by atoms with E-state index in [1.54, 1.807) is 0 Å². The van der Waals surface area contributed by atoms with E-state index in [-0.39, 0.29) is 29.2 Å². The molecule has 4 aliphatic rings. The van der Waals surface area contributed by atoms with Gasteiger partial charge in [-0.25, -0.2) is 0 Å². The van der Waals surface area contributed by atoms with Crippen LogP contribution in [0.3, 0.4) is 0 Å². The van der Waals surface area contributed by atoms with Gasteiger partial charge in [-0.15, -0.1) is 0 Å². The van der Waals surface area contributed by atoms with Gasteiger partial charge in [0, 0.05) is 29.5 Å². The lowest BCUT2D eigenvalue weighted by Gasteiger charge is -2.41. The highest BCUT2D eigenvalue weighted by Gasteiger charge is 2.46. The van der Waals surface area contributed by atoms with E-state index < -0.39 is 0 Å². The molecule has 3 nitrogen and oxygen atoms in total. The summed E-state index contributed by atoms with van der Waals surface area (Å²) in [6, 6.07) is 17.7. The number of fused-ring (bicyclic) bond motifs is 9. The minimum Gasteiger partial charge on any atom is -1.00 e. The first-order chi connectivity index (χ1) is 14.8. The van der Waals surface area contributed by atoms with Gasteiger partial charge in [-0.3, -0.25) is 0 Å². The molecule has 0 saturated carbocycles. The van der Waals surface area contributed by atoms with Crippen LogP contribution >= 0.6 is 23.1 Å². The molecule has 0 bridgehead atoms. The van der Waals surface area contributed by atoms with Crippen molar-refractivity contribution in [1.82, 2.24) is 0 Å². The molecule has 158 valence electrons. The monoisotopic (exact) mass is 510 g/mol. The predicted octanol–water partition coefficient (Wildman–Crippen LogP) is 2.76. The predicted molar refractivity (Wildman–Crippen MR) is 124 cm³/mol. The van der Waals surface area contributed by atoms with Crippen LogP contribution in [0.4, 0.5) is 5.69 Å². The maximum absolute atomic E-state index is 6.82. The van der Waals surface area contributed by atoms with Gasteiger partial charge in [-0.2, -0.15) is 4.57 Å². The lowest BCUT2D eigenvalue weighted by Crippen LogP contribution is -3.00. The van der Waals surface area contributed by atoms with Crippen molar-refractivity contribution in [2.45, 2.75) is 49.8 Å². The van der Waals surface area contributed by atoms with Crippen LogP contribution in [0.5, 0.6) is 0 Å². The van der Waals surface area contributed by atoms with Gasteiger partial charge in [-0.1, -0.05) is 54.3 Å². The van der Waals surface area contributed by atoms with Crippen molar-refractivity contribution in [2.24, 2.45) is 0 Å². The van der Waals surface area contributed by atoms with Crippen LogP contribution < -0.4 is 26.4 Å². The number of rotatable bonds is 1. The van der Waals surface area contributed by atoms with Crippen molar-refractivity contribution in [3.63, 3.8) is 0 Å². The van der Waals surface area contributed by atoms with Crippen LogP contribution in [0.15, 0.2) is 69.6 Å². The summed E-state index contributed by atoms with van der Waals surface area (Å²) in [5.41, 5.74) is 7.19. The molecule has 6 heteroatoms. The van der Waals surface area contributed by atoms with E-state index in [2.05, 4.69) is 64.9 Å². The SMILES string of the molecule is CCC1=C2c3sc4ccccc4[n+]3CCC2OC2CCN3C(=C12)Sc1ccccc13.[Br-].